The average Bonchev–Trinajstić information content (AvgIpc) is 3.01. The lowest BCUT2D eigenvalue weighted by Gasteiger charge is -2.05. The van der Waals surface area contributed by atoms with Gasteiger partial charge in [0.25, 0.3) is 0 Å². The minimum Gasteiger partial charge on any atom is -0.360 e. The van der Waals surface area contributed by atoms with E-state index in [9.17, 15) is 0 Å². The molecule has 2 aromatic rings. The van der Waals surface area contributed by atoms with Gasteiger partial charge < -0.3 is 5.32 Å². The maximum Gasteiger partial charge on any atom is 0.216 e. The maximum atomic E-state index is 9.05. The van der Waals surface area contributed by atoms with Crippen LogP contribution in [-0.4, -0.2) is 20.6 Å². The van der Waals surface area contributed by atoms with E-state index >= 15 is 0 Å². The number of nitrogens with zero attached hydrogens (tertiary/aromatic N) is 4. The predicted molar refractivity (Wildman–Crippen MR) is 82.3 cm³/mol. The molecule has 2 N–H and O–H groups in total. The van der Waals surface area contributed by atoms with Gasteiger partial charge in [-0.25, -0.2) is 0 Å². The van der Waals surface area contributed by atoms with Crippen LogP contribution in [0.3, 0.4) is 0 Å². The van der Waals surface area contributed by atoms with Crippen LogP contribution in [0.2, 0.25) is 0 Å². The van der Waals surface area contributed by atoms with Gasteiger partial charge in [-0.15, -0.1) is 10.2 Å². The lowest BCUT2D eigenvalue weighted by atomic mass is 10.2. The Kier molecular flexibility index (Phi) is 5.17. The van der Waals surface area contributed by atoms with Gasteiger partial charge in [0.2, 0.25) is 5.82 Å². The molecule has 106 valence electrons. The second-order valence-electron chi connectivity index (χ2n) is 3.70. The van der Waals surface area contributed by atoms with Crippen LogP contribution >= 0.6 is 34.8 Å². The third-order valence-corrected chi connectivity index (χ3v) is 3.35. The molecule has 1 heterocycles. The normalized spacial score (nSPS) is 10.9. The van der Waals surface area contributed by atoms with Crippen molar-refractivity contribution in [2.75, 3.05) is 5.32 Å². The summed E-state index contributed by atoms with van der Waals surface area (Å²) in [7, 11) is 0. The molecule has 0 bridgehead atoms. The molecule has 0 radical (unpaired) electrons. The molecule has 21 heavy (non-hydrogen) atoms. The quantitative estimate of drug-likeness (QED) is 0.830. The summed E-state index contributed by atoms with van der Waals surface area (Å²) in [6.07, 6.45) is 1.46. The van der Waals surface area contributed by atoms with E-state index in [1.165, 1.54) is 6.20 Å². The van der Waals surface area contributed by atoms with Crippen LogP contribution in [0.4, 0.5) is 5.69 Å². The molecule has 0 aliphatic heterocycles. The molecule has 0 aliphatic rings. The number of benzene rings is 1. The highest BCUT2D eigenvalue weighted by atomic mass is 35.5. The van der Waals surface area contributed by atoms with Gasteiger partial charge in [-0.05, 0) is 22.9 Å². The number of hydrogen-bond acceptors (Lipinski definition) is 5. The van der Waals surface area contributed by atoms with Gasteiger partial charge in [-0.3, -0.25) is 0 Å². The van der Waals surface area contributed by atoms with E-state index in [0.29, 0.717) is 11.3 Å². The second kappa shape index (κ2) is 7.09. The molecular formula is C12H7Cl3N6. The summed E-state index contributed by atoms with van der Waals surface area (Å²) in [5.41, 5.74) is 1.57. The molecule has 1 aromatic heterocycles. The van der Waals surface area contributed by atoms with Crippen molar-refractivity contribution in [2.24, 2.45) is 0 Å². The molecule has 0 saturated heterocycles. The fraction of sp³-hybridized carbons (Fsp3) is 0. The highest BCUT2D eigenvalue weighted by molar-refractivity contribution is 6.66. The Morgan fingerprint density at radius 3 is 2.76 bits per heavy atom. The number of anilines is 1. The first-order valence-electron chi connectivity index (χ1n) is 5.53. The number of halogens is 3. The molecule has 9 heteroatoms. The number of aromatic amines is 1. The van der Waals surface area contributed by atoms with Crippen molar-refractivity contribution >= 4 is 51.1 Å². The van der Waals surface area contributed by atoms with Gasteiger partial charge in [0.05, 0.1) is 5.03 Å². The first-order valence-corrected chi connectivity index (χ1v) is 6.67. The van der Waals surface area contributed by atoms with Crippen LogP contribution in [0.1, 0.15) is 11.4 Å². The number of allylic oxidation sites excluding steroid dienone is 1. The number of rotatable bonds is 4. The van der Waals surface area contributed by atoms with E-state index in [4.69, 9.17) is 40.1 Å². The van der Waals surface area contributed by atoms with E-state index < -0.39 is 0 Å². The van der Waals surface area contributed by atoms with Gasteiger partial charge in [-0.2, -0.15) is 10.5 Å². The smallest absolute Gasteiger partial charge is 0.216 e. The Morgan fingerprint density at radius 1 is 1.33 bits per heavy atom. The summed E-state index contributed by atoms with van der Waals surface area (Å²) >= 11 is 17.3. The molecule has 0 saturated carbocycles. The molecular weight excluding hydrogens is 335 g/mol. The van der Waals surface area contributed by atoms with Crippen LogP contribution in [0.5, 0.6) is 0 Å². The zero-order chi connectivity index (χ0) is 15.2. The summed E-state index contributed by atoms with van der Waals surface area (Å²) < 4.78 is -0.0196. The number of tetrazole rings is 1. The van der Waals surface area contributed by atoms with Gasteiger partial charge >= 0.3 is 0 Å². The van der Waals surface area contributed by atoms with Crippen LogP contribution in [0.25, 0.3) is 10.6 Å². The maximum absolute atomic E-state index is 9.05. The standard InChI is InChI=1S/C12H7Cl3N6/c13-10(11(14)15)7-2-1-3-9(4-7)17-6-8(5-16)12-18-20-21-19-12/h1-4,6,17H,(H,18,19,20,21). The second-order valence-corrected chi connectivity index (χ2v) is 5.03. The fourth-order valence-electron chi connectivity index (χ4n) is 1.43. The van der Waals surface area contributed by atoms with Crippen LogP contribution < -0.4 is 5.32 Å². The third kappa shape index (κ3) is 3.95. The number of aromatic nitrogens is 4. The number of nitriles is 1. The lowest BCUT2D eigenvalue weighted by Crippen LogP contribution is -1.93. The highest BCUT2D eigenvalue weighted by Gasteiger charge is 2.06. The zero-order valence-electron chi connectivity index (χ0n) is 10.3. The molecule has 1 aromatic carbocycles. The van der Waals surface area contributed by atoms with E-state index in [2.05, 4.69) is 25.9 Å². The molecule has 0 unspecified atom stereocenters. The number of nitrogens with one attached hydrogen (secondary N) is 2. The number of H-pyrrole nitrogens is 1. The Hall–Kier alpha value is -2.07. The Labute approximate surface area is 135 Å². The van der Waals surface area contributed by atoms with Gasteiger partial charge in [-0.1, -0.05) is 46.9 Å². The van der Waals surface area contributed by atoms with Crippen molar-refractivity contribution in [1.29, 1.82) is 5.26 Å². The van der Waals surface area contributed by atoms with Crippen molar-refractivity contribution in [2.45, 2.75) is 0 Å². The van der Waals surface area contributed by atoms with Gasteiger partial charge in [0.15, 0.2) is 0 Å². The summed E-state index contributed by atoms with van der Waals surface area (Å²) in [4.78, 5) is 0. The lowest BCUT2D eigenvalue weighted by molar-refractivity contribution is 0.881. The summed E-state index contributed by atoms with van der Waals surface area (Å²) in [6, 6.07) is 9.01. The van der Waals surface area contributed by atoms with Crippen LogP contribution in [-0.2, 0) is 0 Å². The molecule has 0 atom stereocenters. The van der Waals surface area contributed by atoms with Crippen molar-refractivity contribution < 1.29 is 0 Å². The fourth-order valence-corrected chi connectivity index (χ4v) is 1.77. The van der Waals surface area contributed by atoms with E-state index in [-0.39, 0.29) is 20.9 Å². The molecule has 2 rings (SSSR count). The molecule has 0 spiro atoms. The van der Waals surface area contributed by atoms with Crippen molar-refractivity contribution in [3.63, 3.8) is 0 Å². The Balaban J connectivity index is 2.23. The first-order chi connectivity index (χ1) is 10.1. The van der Waals surface area contributed by atoms with E-state index in [1.807, 2.05) is 6.07 Å². The van der Waals surface area contributed by atoms with Crippen molar-refractivity contribution in [3.8, 4) is 6.07 Å². The van der Waals surface area contributed by atoms with Gasteiger partial charge in [0.1, 0.15) is 16.1 Å². The van der Waals surface area contributed by atoms with Crippen molar-refractivity contribution in [3.05, 3.63) is 46.3 Å². The van der Waals surface area contributed by atoms with Gasteiger partial charge in [0, 0.05) is 11.9 Å². The Morgan fingerprint density at radius 2 is 2.14 bits per heavy atom. The highest BCUT2D eigenvalue weighted by Crippen LogP contribution is 2.29. The average molecular weight is 342 g/mol. The zero-order valence-corrected chi connectivity index (χ0v) is 12.6. The molecule has 0 amide bonds. The number of hydrogen-bond donors (Lipinski definition) is 2. The topological polar surface area (TPSA) is 90.3 Å². The first kappa shape index (κ1) is 15.3. The van der Waals surface area contributed by atoms with Crippen molar-refractivity contribution in [1.82, 2.24) is 20.6 Å². The summed E-state index contributed by atoms with van der Waals surface area (Å²) in [5, 5.41) is 25.4. The SMILES string of the molecule is N#CC(=CNc1cccc(C(Cl)=C(Cl)Cl)c1)c1nn[nH]n1. The van der Waals surface area contributed by atoms with Crippen LogP contribution in [0.15, 0.2) is 35.0 Å². The molecule has 0 fully saturated rings. The molecule has 6 nitrogen and oxygen atoms in total. The largest absolute Gasteiger partial charge is 0.360 e. The minimum absolute atomic E-state index is 0.0196. The third-order valence-electron chi connectivity index (χ3n) is 2.37. The predicted octanol–water partition coefficient (Wildman–Crippen LogP) is 3.52. The van der Waals surface area contributed by atoms with E-state index in [0.717, 1.165) is 0 Å². The minimum atomic E-state index is -0.0196. The monoisotopic (exact) mass is 340 g/mol. The van der Waals surface area contributed by atoms with Crippen LogP contribution in [0, 0.1) is 11.3 Å². The molecule has 0 aliphatic carbocycles. The van der Waals surface area contributed by atoms with E-state index in [1.54, 1.807) is 24.3 Å². The Bertz CT molecular complexity index is 726. The summed E-state index contributed by atoms with van der Waals surface area (Å²) in [6.45, 7) is 0. The summed E-state index contributed by atoms with van der Waals surface area (Å²) in [5.74, 6) is 0.197.